The van der Waals surface area contributed by atoms with Gasteiger partial charge in [0.1, 0.15) is 16.5 Å². The summed E-state index contributed by atoms with van der Waals surface area (Å²) in [6.07, 6.45) is 0. The van der Waals surface area contributed by atoms with E-state index in [-0.39, 0.29) is 0 Å². The molecule has 0 atom stereocenters. The molecule has 0 amide bonds. The zero-order valence-electron chi connectivity index (χ0n) is 14.9. The van der Waals surface area contributed by atoms with E-state index in [0.29, 0.717) is 12.1 Å². The SMILES string of the molecule is CC(C)N(C1=C(N(C(C)C)[Si](C)(C)C)P=P1)[Si](C)(C)C. The molecule has 1 aliphatic heterocycles. The zero-order chi connectivity index (χ0) is 15.9. The first kappa shape index (κ1) is 18.4. The van der Waals surface area contributed by atoms with Crippen molar-refractivity contribution < 1.29 is 0 Å². The van der Waals surface area contributed by atoms with Crippen LogP contribution in [0.4, 0.5) is 0 Å². The smallest absolute Gasteiger partial charge is 0.148 e. The number of hydrogen-bond acceptors (Lipinski definition) is 2. The van der Waals surface area contributed by atoms with Gasteiger partial charge in [0.25, 0.3) is 0 Å². The average Bonchev–Trinajstić information content (AvgIpc) is 2.15. The van der Waals surface area contributed by atoms with Crippen molar-refractivity contribution in [3.8, 4) is 0 Å². The van der Waals surface area contributed by atoms with Crippen LogP contribution in [0, 0.1) is 0 Å². The Bertz CT molecular complexity index is 380. The molecule has 20 heavy (non-hydrogen) atoms. The monoisotopic (exact) mass is 346 g/mol. The third-order valence-electron chi connectivity index (χ3n) is 3.37. The highest BCUT2D eigenvalue weighted by Gasteiger charge is 2.37. The maximum Gasteiger partial charge on any atom is 0.148 e. The number of nitrogens with zero attached hydrogens (tertiary/aromatic N) is 2. The molecule has 0 spiro atoms. The normalized spacial score (nSPS) is 17.6. The van der Waals surface area contributed by atoms with Gasteiger partial charge < -0.3 is 9.13 Å². The second-order valence-electron chi connectivity index (χ2n) is 8.12. The van der Waals surface area contributed by atoms with Gasteiger partial charge in [0, 0.05) is 12.1 Å². The van der Waals surface area contributed by atoms with Gasteiger partial charge in [0.2, 0.25) is 0 Å². The summed E-state index contributed by atoms with van der Waals surface area (Å²) in [4.78, 5) is 0. The van der Waals surface area contributed by atoms with E-state index in [9.17, 15) is 0 Å². The van der Waals surface area contributed by atoms with Crippen molar-refractivity contribution >= 4 is 32.2 Å². The molecule has 0 fully saturated rings. The van der Waals surface area contributed by atoms with Crippen LogP contribution in [0.3, 0.4) is 0 Å². The lowest BCUT2D eigenvalue weighted by Gasteiger charge is -2.48. The topological polar surface area (TPSA) is 6.48 Å². The summed E-state index contributed by atoms with van der Waals surface area (Å²) in [5.74, 6) is 0. The molecule has 0 aromatic carbocycles. The average molecular weight is 347 g/mol. The summed E-state index contributed by atoms with van der Waals surface area (Å²) in [7, 11) is 0.406. The minimum Gasteiger partial charge on any atom is -0.390 e. The van der Waals surface area contributed by atoms with Crippen LogP contribution in [-0.2, 0) is 0 Å². The Balaban J connectivity index is 3.23. The second-order valence-corrected chi connectivity index (χ2v) is 20.2. The van der Waals surface area contributed by atoms with Crippen molar-refractivity contribution in [2.24, 2.45) is 0 Å². The van der Waals surface area contributed by atoms with Gasteiger partial charge in [0.05, 0.1) is 10.9 Å². The van der Waals surface area contributed by atoms with Gasteiger partial charge in [-0.3, -0.25) is 0 Å². The molecule has 2 nitrogen and oxygen atoms in total. The summed E-state index contributed by atoms with van der Waals surface area (Å²) in [6, 6.07) is 1.23. The Morgan fingerprint density at radius 3 is 1.00 bits per heavy atom. The largest absolute Gasteiger partial charge is 0.390 e. The summed E-state index contributed by atoms with van der Waals surface area (Å²) >= 11 is 0. The minimum absolute atomic E-state index is 0.616. The summed E-state index contributed by atoms with van der Waals surface area (Å²) in [5.41, 5.74) is 3.24. The fourth-order valence-corrected chi connectivity index (χ4v) is 13.1. The lowest BCUT2D eigenvalue weighted by Crippen LogP contribution is -2.53. The van der Waals surface area contributed by atoms with Crippen LogP contribution in [0.5, 0.6) is 0 Å². The molecule has 0 radical (unpaired) electrons. The molecule has 0 aromatic rings. The summed E-state index contributed by atoms with van der Waals surface area (Å²) in [5, 5.41) is 0. The standard InChI is InChI=1S/C14H32N2P2Si2/c1-11(2)15(19(5,6)7)13-14(18-17-13)16(12(3)4)20(8,9)10/h11-12H,1-10H3. The van der Waals surface area contributed by atoms with Gasteiger partial charge in [-0.2, -0.15) is 0 Å². The lowest BCUT2D eigenvalue weighted by atomic mass is 10.4. The second kappa shape index (κ2) is 6.24. The fourth-order valence-electron chi connectivity index (χ4n) is 3.13. The lowest BCUT2D eigenvalue weighted by molar-refractivity contribution is 0.410. The van der Waals surface area contributed by atoms with E-state index >= 15 is 0 Å². The van der Waals surface area contributed by atoms with Gasteiger partial charge >= 0.3 is 0 Å². The van der Waals surface area contributed by atoms with E-state index in [1.54, 1.807) is 10.9 Å². The van der Waals surface area contributed by atoms with Crippen LogP contribution < -0.4 is 0 Å². The predicted octanol–water partition coefficient (Wildman–Crippen LogP) is 6.02. The van der Waals surface area contributed by atoms with Crippen molar-refractivity contribution in [3.63, 3.8) is 0 Å². The predicted molar refractivity (Wildman–Crippen MR) is 102 cm³/mol. The molecule has 0 saturated carbocycles. The Kier molecular flexibility index (Phi) is 5.75. The van der Waals surface area contributed by atoms with Crippen LogP contribution in [0.15, 0.2) is 10.9 Å². The van der Waals surface area contributed by atoms with E-state index in [1.807, 2.05) is 0 Å². The summed E-state index contributed by atoms with van der Waals surface area (Å²) in [6.45, 7) is 24.2. The molecule has 6 heteroatoms. The Labute approximate surface area is 131 Å². The molecular formula is C14H32N2P2Si2. The molecule has 0 bridgehead atoms. The molecule has 0 aliphatic carbocycles. The van der Waals surface area contributed by atoms with Crippen molar-refractivity contribution in [2.45, 2.75) is 79.1 Å². The Morgan fingerprint density at radius 2 is 0.900 bits per heavy atom. The highest BCUT2D eigenvalue weighted by molar-refractivity contribution is 7.91. The first-order valence-electron chi connectivity index (χ1n) is 7.62. The van der Waals surface area contributed by atoms with Gasteiger partial charge in [-0.25, -0.2) is 0 Å². The molecule has 1 heterocycles. The minimum atomic E-state index is -1.31. The van der Waals surface area contributed by atoms with E-state index in [1.165, 1.54) is 15.7 Å². The van der Waals surface area contributed by atoms with Crippen LogP contribution in [-0.4, -0.2) is 37.7 Å². The zero-order valence-corrected chi connectivity index (χ0v) is 18.7. The first-order valence-corrected chi connectivity index (χ1v) is 17.0. The van der Waals surface area contributed by atoms with Crippen molar-refractivity contribution in [1.82, 2.24) is 9.13 Å². The van der Waals surface area contributed by atoms with E-state index in [2.05, 4.69) is 76.1 Å². The molecule has 0 unspecified atom stereocenters. The Morgan fingerprint density at radius 1 is 0.650 bits per heavy atom. The van der Waals surface area contributed by atoms with Gasteiger partial charge in [-0.05, 0) is 43.4 Å². The molecule has 1 aliphatic rings. The Hall–Kier alpha value is 0.374. The molecule has 0 aromatic heterocycles. The maximum absolute atomic E-state index is 2.76. The molecule has 0 N–H and O–H groups in total. The van der Waals surface area contributed by atoms with Gasteiger partial charge in [-0.15, -0.1) is 0 Å². The van der Waals surface area contributed by atoms with E-state index in [4.69, 9.17) is 0 Å². The fraction of sp³-hybridized carbons (Fsp3) is 0.857. The highest BCUT2D eigenvalue weighted by Crippen LogP contribution is 2.52. The van der Waals surface area contributed by atoms with Crippen LogP contribution >= 0.6 is 15.7 Å². The quantitative estimate of drug-likeness (QED) is 0.428. The van der Waals surface area contributed by atoms with E-state index in [0.717, 1.165) is 0 Å². The third kappa shape index (κ3) is 3.97. The highest BCUT2D eigenvalue weighted by atomic mass is 31.7. The third-order valence-corrected chi connectivity index (χ3v) is 11.1. The first-order chi connectivity index (χ1) is 8.87. The van der Waals surface area contributed by atoms with E-state index < -0.39 is 16.5 Å². The van der Waals surface area contributed by atoms with Crippen LogP contribution in [0.1, 0.15) is 27.7 Å². The van der Waals surface area contributed by atoms with Crippen molar-refractivity contribution in [3.05, 3.63) is 10.9 Å². The number of rotatable bonds is 6. The van der Waals surface area contributed by atoms with Gasteiger partial charge in [-0.1, -0.05) is 39.3 Å². The molecule has 116 valence electrons. The van der Waals surface area contributed by atoms with Crippen molar-refractivity contribution in [1.29, 1.82) is 0 Å². The van der Waals surface area contributed by atoms with Crippen molar-refractivity contribution in [2.75, 3.05) is 0 Å². The summed E-state index contributed by atoms with van der Waals surface area (Å²) < 4.78 is 5.52. The van der Waals surface area contributed by atoms with Gasteiger partial charge in [0.15, 0.2) is 0 Å². The van der Waals surface area contributed by atoms with Crippen LogP contribution in [0.25, 0.3) is 0 Å². The maximum atomic E-state index is 2.76. The van der Waals surface area contributed by atoms with Crippen LogP contribution in [0.2, 0.25) is 39.3 Å². The molecule has 0 saturated heterocycles. The molecule has 1 rings (SSSR count). The molecular weight excluding hydrogens is 314 g/mol. The number of hydrogen-bond donors (Lipinski definition) is 0.